The number of benzene rings is 1. The number of nitrogens with two attached hydrogens (primary N) is 2. The van der Waals surface area contributed by atoms with Gasteiger partial charge in [0.1, 0.15) is 0 Å². The molecule has 1 heterocycles. The lowest BCUT2D eigenvalue weighted by Gasteiger charge is -2.07. The number of carbonyl (C=O) groups is 1. The van der Waals surface area contributed by atoms with Crippen LogP contribution in [0.3, 0.4) is 0 Å². The molecule has 0 aliphatic carbocycles. The molecule has 0 radical (unpaired) electrons. The molecule has 0 spiro atoms. The van der Waals surface area contributed by atoms with Crippen LogP contribution < -0.4 is 16.2 Å². The number of anilines is 1. The summed E-state index contributed by atoms with van der Waals surface area (Å²) in [5, 5.41) is 0. The summed E-state index contributed by atoms with van der Waals surface area (Å²) in [6.45, 7) is 0.469. The SMILES string of the molecule is NC(=O)c1ccc(OCCc2ccccc2N)nc1. The fraction of sp³-hybridized carbons (Fsp3) is 0.143. The van der Waals surface area contributed by atoms with E-state index in [0.717, 1.165) is 11.3 Å². The summed E-state index contributed by atoms with van der Waals surface area (Å²) in [5.74, 6) is -0.0457. The van der Waals surface area contributed by atoms with Crippen molar-refractivity contribution in [2.24, 2.45) is 5.73 Å². The van der Waals surface area contributed by atoms with E-state index in [9.17, 15) is 4.79 Å². The van der Waals surface area contributed by atoms with Gasteiger partial charge in [0.05, 0.1) is 12.2 Å². The van der Waals surface area contributed by atoms with Gasteiger partial charge < -0.3 is 16.2 Å². The predicted octanol–water partition coefficient (Wildman–Crippen LogP) is 1.38. The average Bonchev–Trinajstić information content (AvgIpc) is 2.41. The Hall–Kier alpha value is -2.56. The number of hydrogen-bond donors (Lipinski definition) is 2. The molecule has 0 aliphatic heterocycles. The van der Waals surface area contributed by atoms with Crippen molar-refractivity contribution in [2.45, 2.75) is 6.42 Å². The summed E-state index contributed by atoms with van der Waals surface area (Å²) >= 11 is 0. The van der Waals surface area contributed by atoms with Crippen molar-refractivity contribution in [3.63, 3.8) is 0 Å². The summed E-state index contributed by atoms with van der Waals surface area (Å²) in [7, 11) is 0. The Morgan fingerprint density at radius 3 is 2.63 bits per heavy atom. The van der Waals surface area contributed by atoms with Crippen LogP contribution in [0.4, 0.5) is 5.69 Å². The van der Waals surface area contributed by atoms with E-state index < -0.39 is 5.91 Å². The van der Waals surface area contributed by atoms with Gasteiger partial charge in [-0.3, -0.25) is 4.79 Å². The molecule has 0 atom stereocenters. The van der Waals surface area contributed by atoms with E-state index in [1.165, 1.54) is 6.20 Å². The Balaban J connectivity index is 1.89. The molecular weight excluding hydrogens is 242 g/mol. The topological polar surface area (TPSA) is 91.2 Å². The summed E-state index contributed by atoms with van der Waals surface area (Å²) in [6.07, 6.45) is 2.10. The number of hydrogen-bond acceptors (Lipinski definition) is 4. The fourth-order valence-electron chi connectivity index (χ4n) is 1.64. The highest BCUT2D eigenvalue weighted by molar-refractivity contribution is 5.92. The first kappa shape index (κ1) is 12.9. The molecule has 2 rings (SSSR count). The smallest absolute Gasteiger partial charge is 0.250 e. The summed E-state index contributed by atoms with van der Waals surface area (Å²) in [4.78, 5) is 14.9. The second-order valence-corrected chi connectivity index (χ2v) is 4.05. The first-order chi connectivity index (χ1) is 9.16. The zero-order valence-electron chi connectivity index (χ0n) is 10.4. The van der Waals surface area contributed by atoms with Crippen molar-refractivity contribution in [3.8, 4) is 5.88 Å². The van der Waals surface area contributed by atoms with E-state index in [-0.39, 0.29) is 0 Å². The van der Waals surface area contributed by atoms with E-state index in [1.807, 2.05) is 24.3 Å². The molecular formula is C14H15N3O2. The number of nitrogens with zero attached hydrogens (tertiary/aromatic N) is 1. The van der Waals surface area contributed by atoms with Gasteiger partial charge in [0.15, 0.2) is 0 Å². The fourth-order valence-corrected chi connectivity index (χ4v) is 1.64. The molecule has 1 amide bonds. The number of carbonyl (C=O) groups excluding carboxylic acids is 1. The average molecular weight is 257 g/mol. The minimum atomic E-state index is -0.504. The number of para-hydroxylation sites is 1. The minimum absolute atomic E-state index is 0.361. The standard InChI is InChI=1S/C14H15N3O2/c15-12-4-2-1-3-10(12)7-8-19-13-6-5-11(9-17-13)14(16)18/h1-6,9H,7-8,15H2,(H2,16,18). The molecule has 5 nitrogen and oxygen atoms in total. The quantitative estimate of drug-likeness (QED) is 0.792. The van der Waals surface area contributed by atoms with Crippen molar-refractivity contribution >= 4 is 11.6 Å². The maximum absolute atomic E-state index is 10.9. The first-order valence-electron chi connectivity index (χ1n) is 5.89. The highest BCUT2D eigenvalue weighted by atomic mass is 16.5. The van der Waals surface area contributed by atoms with Gasteiger partial charge in [-0.15, -0.1) is 0 Å². The third kappa shape index (κ3) is 3.45. The van der Waals surface area contributed by atoms with Gasteiger partial charge in [-0.1, -0.05) is 18.2 Å². The molecule has 0 bridgehead atoms. The lowest BCUT2D eigenvalue weighted by Crippen LogP contribution is -2.11. The Morgan fingerprint density at radius 1 is 1.21 bits per heavy atom. The lowest BCUT2D eigenvalue weighted by molar-refractivity contribution is 0.1000. The third-order valence-corrected chi connectivity index (χ3v) is 2.70. The van der Waals surface area contributed by atoms with Crippen LogP contribution >= 0.6 is 0 Å². The van der Waals surface area contributed by atoms with E-state index in [2.05, 4.69) is 4.98 Å². The number of pyridine rings is 1. The lowest BCUT2D eigenvalue weighted by atomic mass is 10.1. The molecule has 2 aromatic rings. The molecule has 0 saturated heterocycles. The van der Waals surface area contributed by atoms with Gasteiger partial charge in [-0.2, -0.15) is 0 Å². The monoisotopic (exact) mass is 257 g/mol. The first-order valence-corrected chi connectivity index (χ1v) is 5.89. The molecule has 1 aromatic heterocycles. The zero-order chi connectivity index (χ0) is 13.7. The van der Waals surface area contributed by atoms with Crippen LogP contribution in [0.1, 0.15) is 15.9 Å². The van der Waals surface area contributed by atoms with Crippen LogP contribution in [0.2, 0.25) is 0 Å². The number of nitrogen functional groups attached to an aromatic ring is 1. The van der Waals surface area contributed by atoms with Crippen molar-refractivity contribution in [1.82, 2.24) is 4.98 Å². The van der Waals surface area contributed by atoms with E-state index in [1.54, 1.807) is 12.1 Å². The van der Waals surface area contributed by atoms with Crippen molar-refractivity contribution in [2.75, 3.05) is 12.3 Å². The largest absolute Gasteiger partial charge is 0.477 e. The normalized spacial score (nSPS) is 10.1. The summed E-state index contributed by atoms with van der Waals surface area (Å²) in [6, 6.07) is 10.9. The number of ether oxygens (including phenoxy) is 1. The molecule has 19 heavy (non-hydrogen) atoms. The van der Waals surface area contributed by atoms with Gasteiger partial charge in [0, 0.05) is 24.4 Å². The van der Waals surface area contributed by atoms with Crippen LogP contribution in [0, 0.1) is 0 Å². The van der Waals surface area contributed by atoms with E-state index in [0.29, 0.717) is 24.5 Å². The van der Waals surface area contributed by atoms with Gasteiger partial charge >= 0.3 is 0 Å². The van der Waals surface area contributed by atoms with Crippen molar-refractivity contribution < 1.29 is 9.53 Å². The van der Waals surface area contributed by atoms with Crippen molar-refractivity contribution in [1.29, 1.82) is 0 Å². The second-order valence-electron chi connectivity index (χ2n) is 4.05. The number of primary amides is 1. The summed E-state index contributed by atoms with van der Waals surface area (Å²) < 4.78 is 5.48. The highest BCUT2D eigenvalue weighted by Crippen LogP contribution is 2.12. The van der Waals surface area contributed by atoms with Gasteiger partial charge in [0.25, 0.3) is 0 Å². The zero-order valence-corrected chi connectivity index (χ0v) is 10.4. The Morgan fingerprint density at radius 2 is 2.00 bits per heavy atom. The van der Waals surface area contributed by atoms with Gasteiger partial charge in [-0.05, 0) is 17.7 Å². The predicted molar refractivity (Wildman–Crippen MR) is 72.8 cm³/mol. The molecule has 1 aromatic carbocycles. The van der Waals surface area contributed by atoms with Crippen molar-refractivity contribution in [3.05, 3.63) is 53.7 Å². The minimum Gasteiger partial charge on any atom is -0.477 e. The second kappa shape index (κ2) is 5.86. The van der Waals surface area contributed by atoms with Crippen LogP contribution in [0.15, 0.2) is 42.6 Å². The highest BCUT2D eigenvalue weighted by Gasteiger charge is 2.02. The Kier molecular flexibility index (Phi) is 3.97. The maximum atomic E-state index is 10.9. The molecule has 0 saturated carbocycles. The van der Waals surface area contributed by atoms with E-state index >= 15 is 0 Å². The number of amides is 1. The molecule has 0 unspecified atom stereocenters. The molecule has 98 valence electrons. The maximum Gasteiger partial charge on any atom is 0.250 e. The van der Waals surface area contributed by atoms with Crippen LogP contribution in [0.25, 0.3) is 0 Å². The molecule has 0 fully saturated rings. The number of aromatic nitrogens is 1. The van der Waals surface area contributed by atoms with Gasteiger partial charge in [-0.25, -0.2) is 4.98 Å². The third-order valence-electron chi connectivity index (χ3n) is 2.70. The van der Waals surface area contributed by atoms with E-state index in [4.69, 9.17) is 16.2 Å². The molecule has 4 N–H and O–H groups in total. The van der Waals surface area contributed by atoms with Gasteiger partial charge in [0.2, 0.25) is 11.8 Å². The Bertz CT molecular complexity index is 567. The number of rotatable bonds is 5. The Labute approximate surface area is 111 Å². The summed E-state index contributed by atoms with van der Waals surface area (Å²) in [5.41, 5.74) is 13.1. The molecule has 5 heteroatoms. The molecule has 0 aliphatic rings. The van der Waals surface area contributed by atoms with Crippen LogP contribution in [-0.4, -0.2) is 17.5 Å². The van der Waals surface area contributed by atoms with Crippen LogP contribution in [0.5, 0.6) is 5.88 Å². The van der Waals surface area contributed by atoms with Crippen LogP contribution in [-0.2, 0) is 6.42 Å².